The Morgan fingerprint density at radius 2 is 1.72 bits per heavy atom. The van der Waals surface area contributed by atoms with Gasteiger partial charge in [0.05, 0.1) is 45.6 Å². The van der Waals surface area contributed by atoms with Crippen LogP contribution in [0.5, 0.6) is 11.5 Å². The van der Waals surface area contributed by atoms with E-state index >= 15 is 0 Å². The summed E-state index contributed by atoms with van der Waals surface area (Å²) in [7, 11) is 1.26. The molecule has 0 radical (unpaired) electrons. The molecule has 2 aromatic rings. The number of guanidine groups is 1. The number of hydrogen-bond acceptors (Lipinski definition) is 16. The molecular formula is C45H71N13O13P+. The van der Waals surface area contributed by atoms with Gasteiger partial charge in [0.25, 0.3) is 0 Å². The van der Waals surface area contributed by atoms with Crippen LogP contribution < -0.4 is 42.6 Å². The summed E-state index contributed by atoms with van der Waals surface area (Å²) in [4.78, 5) is 94.1. The molecule has 8 atom stereocenters. The normalized spacial score (nSPS) is 19.5. The molecule has 4 rings (SSSR count). The van der Waals surface area contributed by atoms with Crippen molar-refractivity contribution in [1.29, 1.82) is 5.41 Å². The van der Waals surface area contributed by atoms with Crippen molar-refractivity contribution in [3.8, 4) is 11.5 Å². The van der Waals surface area contributed by atoms with Gasteiger partial charge in [-0.05, 0) is 101 Å². The summed E-state index contributed by atoms with van der Waals surface area (Å²) in [5.74, 6) is -5.42. The first kappa shape index (κ1) is 58.3. The molecule has 2 heterocycles. The van der Waals surface area contributed by atoms with Crippen LogP contribution in [0.1, 0.15) is 64.4 Å². The Morgan fingerprint density at radius 1 is 1.01 bits per heavy atom. The van der Waals surface area contributed by atoms with Crippen molar-refractivity contribution in [3.05, 3.63) is 48.0 Å². The highest BCUT2D eigenvalue weighted by Crippen LogP contribution is 2.44. The van der Waals surface area contributed by atoms with Crippen molar-refractivity contribution in [2.45, 2.75) is 108 Å². The number of benzene rings is 2. The minimum atomic E-state index is -4.43. The van der Waals surface area contributed by atoms with Crippen LogP contribution in [0.4, 0.5) is 11.4 Å². The second-order valence-electron chi connectivity index (χ2n) is 18.6. The number of quaternary nitrogens is 1. The van der Waals surface area contributed by atoms with Gasteiger partial charge in [0.1, 0.15) is 60.5 Å². The molecule has 2 saturated heterocycles. The number of amides is 5. The lowest BCUT2D eigenvalue weighted by molar-refractivity contribution is -0.870. The molecule has 27 heteroatoms. The van der Waals surface area contributed by atoms with Crippen LogP contribution in [-0.2, 0) is 44.3 Å². The fourth-order valence-electron chi connectivity index (χ4n) is 8.04. The number of nitrogens with one attached hydrogen (secondary N) is 6. The van der Waals surface area contributed by atoms with Crippen LogP contribution in [-0.4, -0.2) is 179 Å². The van der Waals surface area contributed by atoms with E-state index in [9.17, 15) is 53.5 Å². The van der Waals surface area contributed by atoms with Gasteiger partial charge in [-0.2, -0.15) is 5.11 Å². The zero-order valence-corrected chi connectivity index (χ0v) is 42.2. The number of phosphoric ester groups is 1. The molecule has 72 heavy (non-hydrogen) atoms. The van der Waals surface area contributed by atoms with E-state index < -0.39 is 92.4 Å². The minimum Gasteiger partial charge on any atom is -0.506 e. The summed E-state index contributed by atoms with van der Waals surface area (Å²) in [6, 6.07) is 3.98. The lowest BCUT2D eigenvalue weighted by Gasteiger charge is -2.35. The third-order valence-electron chi connectivity index (χ3n) is 11.8. The van der Waals surface area contributed by atoms with Gasteiger partial charge in [-0.1, -0.05) is 12.1 Å². The Bertz CT molecular complexity index is 2300. The van der Waals surface area contributed by atoms with Crippen LogP contribution in [0.2, 0.25) is 0 Å². The number of rotatable bonds is 28. The zero-order valence-electron chi connectivity index (χ0n) is 41.3. The van der Waals surface area contributed by atoms with E-state index in [-0.39, 0.29) is 86.2 Å². The Morgan fingerprint density at radius 3 is 2.35 bits per heavy atom. The smallest absolute Gasteiger partial charge is 0.506 e. The van der Waals surface area contributed by atoms with Crippen LogP contribution >= 0.6 is 7.82 Å². The largest absolute Gasteiger partial charge is 0.527 e. The van der Waals surface area contributed by atoms with Crippen LogP contribution in [0, 0.1) is 5.41 Å². The van der Waals surface area contributed by atoms with Crippen molar-refractivity contribution >= 4 is 60.7 Å². The number of hydrogen-bond donors (Lipinski definition) is 12. The number of aliphatic hydroxyl groups excluding tert-OH is 1. The van der Waals surface area contributed by atoms with Gasteiger partial charge in [0.15, 0.2) is 5.96 Å². The number of carbonyl (C=O) groups excluding carboxylic acids is 5. The molecule has 5 unspecified atom stereocenters. The Labute approximate surface area is 417 Å². The number of phenols is 1. The molecular weight excluding hydrogens is 962 g/mol. The molecule has 2 aliphatic heterocycles. The lowest BCUT2D eigenvalue weighted by atomic mass is 10.0. The molecule has 2 fully saturated rings. The number of unbranched alkanes of at least 4 members (excludes halogenated alkanes) is 1. The highest BCUT2D eigenvalue weighted by molar-refractivity contribution is 7.47. The standard InChI is InChI=1S/C45H70N13O13P/c1-27(59)38-43(65)57(28(2)51-38)35(13-6-7-20-46)42(64)56-22-10-14-34(56)41(63)53-32(12-9-21-49-45(47)48)40(62)50-26-37(61)52-33(44(66)67)25-29-11-8-15-36(60)39(29)55-54-30-16-18-31(19-17-30)71-72(68,69)70-24-23-58(3,4)5/h8,11,15-19,27-28,32-35,38,51,59H,6-7,9-10,12-14,20-26,46H2,1-5H3,(H9-,47,48,49,50,52,53,54,60,61,62,63,66,67,68,69)/p+1/t27-,28?,32+,33+,34?,35?,38?/m1/s1. The van der Waals surface area contributed by atoms with Gasteiger partial charge >= 0.3 is 13.8 Å². The SMILES string of the molecule is CC1NC([C@@H](C)O)C(=O)N1C(CCCCN)C(=O)N1CCCC1C(=O)N[C@@H](CCCNC(=N)N)C(=O)NCC(=O)N[C@@H](Cc1cccc(O)c1/N=N/c1ccc(OP(=O)(O)OCC[N+](C)(C)C)cc1)C(=O)O. The molecule has 0 spiro atoms. The monoisotopic (exact) mass is 1030 g/mol. The molecule has 26 nitrogen and oxygen atoms in total. The number of carbonyl (C=O) groups is 6. The number of carboxylic acids is 1. The van der Waals surface area contributed by atoms with Crippen molar-refractivity contribution in [2.75, 3.05) is 60.5 Å². The van der Waals surface area contributed by atoms with E-state index in [1.807, 2.05) is 21.1 Å². The van der Waals surface area contributed by atoms with Gasteiger partial charge in [-0.3, -0.25) is 44.1 Å². The van der Waals surface area contributed by atoms with E-state index in [2.05, 4.69) is 36.8 Å². The van der Waals surface area contributed by atoms with Gasteiger partial charge in [-0.25, -0.2) is 9.36 Å². The first-order valence-electron chi connectivity index (χ1n) is 23.7. The molecule has 0 saturated carbocycles. The highest BCUT2D eigenvalue weighted by atomic mass is 31.2. The number of carboxylic acid groups (broad SMARTS) is 1. The topological polar surface area (TPSA) is 386 Å². The number of phosphoric acid groups is 1. The van der Waals surface area contributed by atoms with Crippen molar-refractivity contribution in [3.63, 3.8) is 0 Å². The maximum atomic E-state index is 14.3. The number of nitrogens with zero attached hydrogens (tertiary/aromatic N) is 5. The molecule has 0 bridgehead atoms. The maximum Gasteiger partial charge on any atom is 0.527 e. The lowest BCUT2D eigenvalue weighted by Crippen LogP contribution is -2.58. The summed E-state index contributed by atoms with van der Waals surface area (Å²) in [5, 5.41) is 59.9. The van der Waals surface area contributed by atoms with E-state index in [4.69, 9.17) is 25.9 Å². The number of aliphatic carboxylic acids is 1. The number of phenolic OH excluding ortho intramolecular Hbond substituents is 1. The number of aromatic hydroxyl groups is 1. The number of aliphatic hydroxyl groups is 1. The van der Waals surface area contributed by atoms with Crippen molar-refractivity contribution < 1.29 is 67.1 Å². The van der Waals surface area contributed by atoms with Crippen LogP contribution in [0.25, 0.3) is 0 Å². The highest BCUT2D eigenvalue weighted by Gasteiger charge is 2.47. The van der Waals surface area contributed by atoms with E-state index in [0.717, 1.165) is 0 Å². The molecule has 2 aromatic carbocycles. The molecule has 5 amide bonds. The van der Waals surface area contributed by atoms with Crippen LogP contribution in [0.3, 0.4) is 0 Å². The van der Waals surface area contributed by atoms with Crippen LogP contribution in [0.15, 0.2) is 52.7 Å². The molecule has 14 N–H and O–H groups in total. The molecule has 0 aromatic heterocycles. The van der Waals surface area contributed by atoms with E-state index in [0.29, 0.717) is 36.8 Å². The summed E-state index contributed by atoms with van der Waals surface area (Å²) < 4.78 is 23.1. The molecule has 2 aliphatic rings. The predicted molar refractivity (Wildman–Crippen MR) is 262 cm³/mol. The summed E-state index contributed by atoms with van der Waals surface area (Å²) in [6.45, 7) is 3.60. The fourth-order valence-corrected chi connectivity index (χ4v) is 8.79. The summed E-state index contributed by atoms with van der Waals surface area (Å²) >= 11 is 0. The number of likely N-dealkylation sites (tertiary alicyclic amines) is 1. The summed E-state index contributed by atoms with van der Waals surface area (Å²) in [5.41, 5.74) is 11.4. The third-order valence-corrected chi connectivity index (χ3v) is 12.7. The first-order valence-corrected chi connectivity index (χ1v) is 25.2. The second kappa shape index (κ2) is 27.0. The Kier molecular flexibility index (Phi) is 21.8. The molecule has 398 valence electrons. The quantitative estimate of drug-likeness (QED) is 0.0133. The number of nitrogens with two attached hydrogens (primary N) is 2. The van der Waals surface area contributed by atoms with Crippen molar-refractivity contribution in [2.24, 2.45) is 21.7 Å². The number of azo groups is 1. The third kappa shape index (κ3) is 17.8. The van der Waals surface area contributed by atoms with Crippen molar-refractivity contribution in [1.82, 2.24) is 36.4 Å². The van der Waals surface area contributed by atoms with E-state index in [1.165, 1.54) is 59.2 Å². The fraction of sp³-hybridized carbons (Fsp3) is 0.578. The van der Waals surface area contributed by atoms with Gasteiger partial charge in [0.2, 0.25) is 29.5 Å². The number of likely N-dealkylation sites (N-methyl/N-ethyl adjacent to an activating group) is 1. The predicted octanol–water partition coefficient (Wildman–Crippen LogP) is 0.00157. The maximum absolute atomic E-state index is 14.3. The van der Waals surface area contributed by atoms with Gasteiger partial charge in [-0.15, -0.1) is 5.11 Å². The summed E-state index contributed by atoms with van der Waals surface area (Å²) in [6.07, 6.45) is 0.246. The average Bonchev–Trinajstić information content (AvgIpc) is 3.91. The Hall–Kier alpha value is -6.28. The van der Waals surface area contributed by atoms with Gasteiger partial charge in [0, 0.05) is 19.5 Å². The average molecular weight is 1030 g/mol. The minimum absolute atomic E-state index is 0.00434. The second-order valence-corrected chi connectivity index (χ2v) is 20.0. The van der Waals surface area contributed by atoms with Gasteiger partial charge < -0.3 is 66.9 Å². The Balaban J connectivity index is 1.42. The molecule has 0 aliphatic carbocycles. The first-order chi connectivity index (χ1) is 33.9. The van der Waals surface area contributed by atoms with E-state index in [1.54, 1.807) is 6.92 Å². The zero-order chi connectivity index (χ0) is 53.3.